The van der Waals surface area contributed by atoms with Crippen LogP contribution in [0.1, 0.15) is 45.3 Å². The van der Waals surface area contributed by atoms with E-state index in [0.29, 0.717) is 11.3 Å². The maximum Gasteiger partial charge on any atom is 0.436 e. The minimum absolute atomic E-state index is 0.0166. The highest BCUT2D eigenvalue weighted by Gasteiger charge is 2.39. The molecule has 3 aromatic heterocycles. The molecule has 3 N–H and O–H groups in total. The van der Waals surface area contributed by atoms with Crippen LogP contribution in [0.3, 0.4) is 0 Å². The quantitative estimate of drug-likeness (QED) is 0.430. The van der Waals surface area contributed by atoms with E-state index in [9.17, 15) is 35.9 Å². The second kappa shape index (κ2) is 8.27. The molecule has 3 rings (SSSR count). The number of thiophene rings is 1. The number of carbonyl (C=O) groups is 2. The summed E-state index contributed by atoms with van der Waals surface area (Å²) in [6.45, 7) is 3.92. The third kappa shape index (κ3) is 4.55. The highest BCUT2D eigenvalue weighted by molar-refractivity contribution is 9.10. The average molecular weight is 558 g/mol. The van der Waals surface area contributed by atoms with Gasteiger partial charge < -0.3 is 11.1 Å². The molecule has 3 heterocycles. The topological polar surface area (TPSA) is 103 Å². The lowest BCUT2D eigenvalue weighted by molar-refractivity contribution is -0.142. The summed E-state index contributed by atoms with van der Waals surface area (Å²) in [4.78, 5) is 27.9. The highest BCUT2D eigenvalue weighted by Crippen LogP contribution is 2.40. The van der Waals surface area contributed by atoms with E-state index >= 15 is 0 Å². The van der Waals surface area contributed by atoms with Gasteiger partial charge in [0.15, 0.2) is 5.69 Å². The van der Waals surface area contributed by atoms with Gasteiger partial charge >= 0.3 is 12.4 Å². The van der Waals surface area contributed by atoms with Crippen LogP contribution in [0.4, 0.5) is 32.0 Å². The number of pyridine rings is 1. The van der Waals surface area contributed by atoms with Gasteiger partial charge in [-0.15, -0.1) is 11.3 Å². The van der Waals surface area contributed by atoms with E-state index in [2.05, 4.69) is 31.3 Å². The standard InChI is InChI=1S/C18H14BrF6N5O2S/c1-5-4-8(17(20,21)22)27-16-9(5)11(12(33-16)14(26)31)28-15(32)7(3)30-6(2)10(19)13(29-30)18(23,24)25/h4,7H,1-3H3,(H2,26,31)(H,28,32). The highest BCUT2D eigenvalue weighted by atomic mass is 79.9. The van der Waals surface area contributed by atoms with Crippen molar-refractivity contribution in [3.05, 3.63) is 38.1 Å². The molecule has 178 valence electrons. The largest absolute Gasteiger partial charge is 0.436 e. The van der Waals surface area contributed by atoms with Crippen molar-refractivity contribution >= 4 is 55.0 Å². The Balaban J connectivity index is 2.07. The molecule has 7 nitrogen and oxygen atoms in total. The van der Waals surface area contributed by atoms with Gasteiger partial charge in [-0.3, -0.25) is 14.3 Å². The number of rotatable bonds is 4. The van der Waals surface area contributed by atoms with E-state index < -0.39 is 41.6 Å². The number of aryl methyl sites for hydroxylation is 1. The molecule has 15 heteroatoms. The molecule has 3 aromatic rings. The maximum atomic E-state index is 13.1. The Hall–Kier alpha value is -2.68. The van der Waals surface area contributed by atoms with Crippen molar-refractivity contribution in [3.63, 3.8) is 0 Å². The van der Waals surface area contributed by atoms with Crippen LogP contribution in [-0.4, -0.2) is 26.6 Å². The number of fused-ring (bicyclic) bond motifs is 1. The summed E-state index contributed by atoms with van der Waals surface area (Å²) in [5.74, 6) is -1.89. The van der Waals surface area contributed by atoms with Crippen molar-refractivity contribution in [1.29, 1.82) is 0 Å². The Kier molecular flexibility index (Phi) is 6.25. The van der Waals surface area contributed by atoms with Crippen molar-refractivity contribution in [3.8, 4) is 0 Å². The molecule has 0 saturated heterocycles. The van der Waals surface area contributed by atoms with E-state index in [0.717, 1.165) is 10.7 Å². The third-order valence-electron chi connectivity index (χ3n) is 4.71. The lowest BCUT2D eigenvalue weighted by Gasteiger charge is -2.15. The number of nitrogens with one attached hydrogen (secondary N) is 1. The SMILES string of the molecule is Cc1cc(C(F)(F)F)nc2sc(C(N)=O)c(NC(=O)C(C)n3nc(C(F)(F)F)c(Br)c3C)c12. The van der Waals surface area contributed by atoms with Crippen molar-refractivity contribution in [1.82, 2.24) is 14.8 Å². The van der Waals surface area contributed by atoms with Gasteiger partial charge in [0.05, 0.1) is 15.9 Å². The molecule has 0 aliphatic carbocycles. The van der Waals surface area contributed by atoms with Crippen LogP contribution in [-0.2, 0) is 17.1 Å². The second-order valence-electron chi connectivity index (χ2n) is 7.03. The number of anilines is 1. The number of halogens is 7. The Morgan fingerprint density at radius 1 is 1.18 bits per heavy atom. The number of nitrogens with two attached hydrogens (primary N) is 1. The Labute approximate surface area is 194 Å². The minimum atomic E-state index is -4.77. The van der Waals surface area contributed by atoms with Crippen LogP contribution in [0.2, 0.25) is 0 Å². The zero-order valence-corrected chi connectivity index (χ0v) is 19.3. The van der Waals surface area contributed by atoms with E-state index in [1.165, 1.54) is 20.8 Å². The van der Waals surface area contributed by atoms with Gasteiger partial charge in [-0.1, -0.05) is 0 Å². The van der Waals surface area contributed by atoms with Crippen molar-refractivity contribution in [2.75, 3.05) is 5.32 Å². The Morgan fingerprint density at radius 3 is 2.27 bits per heavy atom. The number of hydrogen-bond donors (Lipinski definition) is 2. The van der Waals surface area contributed by atoms with Crippen LogP contribution in [0, 0.1) is 13.8 Å². The second-order valence-corrected chi connectivity index (χ2v) is 8.82. The normalized spacial score (nSPS) is 13.4. The Morgan fingerprint density at radius 2 is 1.79 bits per heavy atom. The van der Waals surface area contributed by atoms with E-state index in [1.54, 1.807) is 0 Å². The fourth-order valence-corrected chi connectivity index (χ4v) is 4.66. The first kappa shape index (κ1) is 25.0. The van der Waals surface area contributed by atoms with Crippen LogP contribution in [0.5, 0.6) is 0 Å². The summed E-state index contributed by atoms with van der Waals surface area (Å²) in [7, 11) is 0. The number of alkyl halides is 6. The van der Waals surface area contributed by atoms with Crippen LogP contribution in [0.15, 0.2) is 10.5 Å². The third-order valence-corrected chi connectivity index (χ3v) is 6.76. The summed E-state index contributed by atoms with van der Waals surface area (Å²) >= 11 is 3.38. The van der Waals surface area contributed by atoms with Gasteiger partial charge in [0.2, 0.25) is 5.91 Å². The number of carbonyl (C=O) groups excluding carboxylic acids is 2. The molecule has 0 aliphatic rings. The van der Waals surface area contributed by atoms with Crippen molar-refractivity contribution in [2.24, 2.45) is 5.73 Å². The van der Waals surface area contributed by atoms with Gasteiger partial charge in [0.25, 0.3) is 5.91 Å². The molecule has 1 unspecified atom stereocenters. The summed E-state index contributed by atoms with van der Waals surface area (Å²) in [6.07, 6.45) is -9.51. The fraction of sp³-hybridized carbons (Fsp3) is 0.333. The lowest BCUT2D eigenvalue weighted by atomic mass is 10.1. The summed E-state index contributed by atoms with van der Waals surface area (Å²) in [5, 5.41) is 5.93. The van der Waals surface area contributed by atoms with Gasteiger partial charge in [0.1, 0.15) is 21.4 Å². The zero-order chi connectivity index (χ0) is 25.0. The van der Waals surface area contributed by atoms with Gasteiger partial charge in [-0.05, 0) is 48.3 Å². The molecule has 0 fully saturated rings. The molecule has 0 aromatic carbocycles. The van der Waals surface area contributed by atoms with Crippen molar-refractivity contribution in [2.45, 2.75) is 39.2 Å². The molecule has 2 amide bonds. The first-order valence-corrected chi connectivity index (χ1v) is 10.6. The molecular weight excluding hydrogens is 544 g/mol. The molecule has 0 bridgehead atoms. The van der Waals surface area contributed by atoms with Gasteiger partial charge in [0, 0.05) is 5.39 Å². The molecule has 0 radical (unpaired) electrons. The number of nitrogens with zero attached hydrogens (tertiary/aromatic N) is 3. The number of aromatic nitrogens is 3. The predicted molar refractivity (Wildman–Crippen MR) is 111 cm³/mol. The fourth-order valence-electron chi connectivity index (χ4n) is 3.12. The van der Waals surface area contributed by atoms with Crippen LogP contribution >= 0.6 is 27.3 Å². The lowest BCUT2D eigenvalue weighted by Crippen LogP contribution is -2.26. The molecular formula is C18H14BrF6N5O2S. The summed E-state index contributed by atoms with van der Waals surface area (Å²) < 4.78 is 79.3. The minimum Gasteiger partial charge on any atom is -0.365 e. The monoisotopic (exact) mass is 557 g/mol. The smallest absolute Gasteiger partial charge is 0.365 e. The summed E-state index contributed by atoms with van der Waals surface area (Å²) in [6, 6.07) is -0.528. The van der Waals surface area contributed by atoms with E-state index in [-0.39, 0.29) is 36.5 Å². The number of hydrogen-bond acceptors (Lipinski definition) is 5. The molecule has 33 heavy (non-hydrogen) atoms. The number of amides is 2. The molecule has 0 spiro atoms. The first-order chi connectivity index (χ1) is 15.0. The predicted octanol–water partition coefficient (Wildman–Crippen LogP) is 5.21. The average Bonchev–Trinajstić information content (AvgIpc) is 3.19. The zero-order valence-electron chi connectivity index (χ0n) is 16.9. The van der Waals surface area contributed by atoms with Gasteiger partial charge in [-0.2, -0.15) is 31.4 Å². The maximum absolute atomic E-state index is 13.1. The Bertz CT molecular complexity index is 1280. The molecule has 1 atom stereocenters. The number of primary amides is 1. The van der Waals surface area contributed by atoms with Crippen molar-refractivity contribution < 1.29 is 35.9 Å². The molecule has 0 saturated carbocycles. The van der Waals surface area contributed by atoms with E-state index in [4.69, 9.17) is 5.73 Å². The van der Waals surface area contributed by atoms with Crippen LogP contribution < -0.4 is 11.1 Å². The summed E-state index contributed by atoms with van der Waals surface area (Å²) in [5.41, 5.74) is 2.83. The van der Waals surface area contributed by atoms with Crippen LogP contribution in [0.25, 0.3) is 10.2 Å². The molecule has 0 aliphatic heterocycles. The van der Waals surface area contributed by atoms with Gasteiger partial charge in [-0.25, -0.2) is 4.98 Å². The first-order valence-electron chi connectivity index (χ1n) is 8.97. The van der Waals surface area contributed by atoms with E-state index in [1.807, 2.05) is 0 Å².